The molecule has 0 heterocycles. The van der Waals surface area contributed by atoms with E-state index in [2.05, 4.69) is 0 Å². The van der Waals surface area contributed by atoms with Crippen LogP contribution < -0.4 is 0 Å². The van der Waals surface area contributed by atoms with E-state index in [4.69, 9.17) is 35.4 Å². The lowest BCUT2D eigenvalue weighted by atomic mass is 9.93. The lowest BCUT2D eigenvalue weighted by Gasteiger charge is -2.23. The molecule has 14 heavy (non-hydrogen) atoms. The van der Waals surface area contributed by atoms with Crippen molar-refractivity contribution < 1.29 is 35.4 Å². The molecule has 0 unspecified atom stereocenters. The van der Waals surface area contributed by atoms with E-state index < -0.39 is 44.4 Å². The number of rotatable bonds is 5. The molecule has 0 radical (unpaired) electrons. The van der Waals surface area contributed by atoms with Crippen molar-refractivity contribution in [2.45, 2.75) is 0 Å². The van der Waals surface area contributed by atoms with Crippen LogP contribution in [-0.2, 0) is 4.79 Å². The molecule has 6 N–H and O–H groups in total. The molecule has 0 spiro atoms. The minimum atomic E-state index is -1.19. The Kier molecular flexibility index (Phi) is 9.94. The Morgan fingerprint density at radius 2 is 1.07 bits per heavy atom. The molecule has 0 atom stereocenters. The Labute approximate surface area is 80.9 Å². The molecule has 0 saturated carbocycles. The summed E-state index contributed by atoms with van der Waals surface area (Å²) in [5.41, 5.74) is -1.11. The van der Waals surface area contributed by atoms with Gasteiger partial charge in [-0.2, -0.15) is 0 Å². The number of carboxylic acid groups (broad SMARTS) is 1. The first-order chi connectivity index (χ1) is 6.51. The van der Waals surface area contributed by atoms with E-state index in [1.165, 1.54) is 0 Å². The second-order valence-electron chi connectivity index (χ2n) is 2.68. The summed E-state index contributed by atoms with van der Waals surface area (Å²) in [4.78, 5) is 9.12. The number of carboxylic acids is 1. The monoisotopic (exact) mass is 212 g/mol. The first-order valence-electron chi connectivity index (χ1n) is 3.78. The second-order valence-corrected chi connectivity index (χ2v) is 2.68. The van der Waals surface area contributed by atoms with Crippen molar-refractivity contribution in [1.82, 2.24) is 0 Å². The number of hydrogen-bond donors (Lipinski definition) is 6. The molecule has 0 aromatic carbocycles. The van der Waals surface area contributed by atoms with E-state index in [0.29, 0.717) is 0 Å². The minimum Gasteiger partial charge on any atom is -0.480 e. The highest BCUT2D eigenvalue weighted by atomic mass is 16.4. The molecule has 0 bridgehead atoms. The molecule has 0 aliphatic carbocycles. The van der Waals surface area contributed by atoms with Crippen molar-refractivity contribution in [1.29, 1.82) is 0 Å². The van der Waals surface area contributed by atoms with E-state index in [9.17, 15) is 0 Å². The topological polar surface area (TPSA) is 138 Å². The predicted octanol–water partition coefficient (Wildman–Crippen LogP) is -2.99. The highest BCUT2D eigenvalue weighted by Crippen LogP contribution is 2.11. The number of aliphatic hydroxyl groups excluding tert-OH is 5. The molecular weight excluding hydrogens is 196 g/mol. The molecule has 0 saturated heterocycles. The van der Waals surface area contributed by atoms with Gasteiger partial charge < -0.3 is 30.6 Å². The van der Waals surface area contributed by atoms with Crippen LogP contribution in [0.15, 0.2) is 0 Å². The number of hydrogen-bond acceptors (Lipinski definition) is 6. The summed E-state index contributed by atoms with van der Waals surface area (Å²) < 4.78 is 0. The SMILES string of the molecule is O=C(O)CO.OCC(CO)(CO)CO. The van der Waals surface area contributed by atoms with Gasteiger partial charge in [0.05, 0.1) is 31.8 Å². The Hall–Kier alpha value is -0.730. The standard InChI is InChI=1S/C5H12O4.C2H4O3/c6-1-5(2-7,3-8)4-9;3-1-2(4)5/h6-9H,1-4H2;3H,1H2,(H,4,5). The number of aliphatic carboxylic acids is 1. The highest BCUT2D eigenvalue weighted by Gasteiger charge is 2.26. The fourth-order valence-corrected chi connectivity index (χ4v) is 0.300. The van der Waals surface area contributed by atoms with E-state index in [-0.39, 0.29) is 0 Å². The lowest BCUT2D eigenvalue weighted by Crippen LogP contribution is -2.37. The third-order valence-electron chi connectivity index (χ3n) is 1.48. The molecular formula is C7H16O7. The minimum absolute atomic E-state index is 0.406. The molecule has 7 nitrogen and oxygen atoms in total. The molecule has 0 fully saturated rings. The van der Waals surface area contributed by atoms with Crippen molar-refractivity contribution >= 4 is 5.97 Å². The maximum atomic E-state index is 9.12. The van der Waals surface area contributed by atoms with Gasteiger partial charge in [-0.1, -0.05) is 0 Å². The maximum absolute atomic E-state index is 9.12. The Balaban J connectivity index is 0. The summed E-state index contributed by atoms with van der Waals surface area (Å²) in [5, 5.41) is 49.0. The first kappa shape index (κ1) is 15.7. The van der Waals surface area contributed by atoms with Crippen LogP contribution in [0.1, 0.15) is 0 Å². The molecule has 0 rings (SSSR count). The van der Waals surface area contributed by atoms with E-state index in [0.717, 1.165) is 0 Å². The first-order valence-corrected chi connectivity index (χ1v) is 3.78. The Morgan fingerprint density at radius 3 is 1.07 bits per heavy atom. The largest absolute Gasteiger partial charge is 0.480 e. The van der Waals surface area contributed by atoms with Crippen molar-refractivity contribution in [3.8, 4) is 0 Å². The van der Waals surface area contributed by atoms with Crippen LogP contribution in [0.5, 0.6) is 0 Å². The molecule has 7 heteroatoms. The average Bonchev–Trinajstić information content (AvgIpc) is 2.23. The third kappa shape index (κ3) is 6.75. The summed E-state index contributed by atoms with van der Waals surface area (Å²) in [6.45, 7) is -2.40. The second kappa shape index (κ2) is 8.85. The van der Waals surface area contributed by atoms with E-state index in [1.54, 1.807) is 0 Å². The zero-order chi connectivity index (χ0) is 11.6. The third-order valence-corrected chi connectivity index (χ3v) is 1.48. The summed E-state index contributed by atoms with van der Waals surface area (Å²) in [6.07, 6.45) is 0. The van der Waals surface area contributed by atoms with Crippen LogP contribution in [0.2, 0.25) is 0 Å². The van der Waals surface area contributed by atoms with Crippen LogP contribution in [0.3, 0.4) is 0 Å². The quantitative estimate of drug-likeness (QED) is 0.285. The fourth-order valence-electron chi connectivity index (χ4n) is 0.300. The molecule has 0 aliphatic heterocycles. The van der Waals surface area contributed by atoms with Crippen LogP contribution >= 0.6 is 0 Å². The average molecular weight is 212 g/mol. The summed E-state index contributed by atoms with van der Waals surface area (Å²) >= 11 is 0. The van der Waals surface area contributed by atoms with Gasteiger partial charge in [-0.05, 0) is 0 Å². The van der Waals surface area contributed by atoms with Crippen molar-refractivity contribution in [2.24, 2.45) is 5.41 Å². The van der Waals surface area contributed by atoms with Crippen LogP contribution in [0, 0.1) is 5.41 Å². The van der Waals surface area contributed by atoms with Crippen LogP contribution in [0.4, 0.5) is 0 Å². The molecule has 0 aromatic heterocycles. The lowest BCUT2D eigenvalue weighted by molar-refractivity contribution is -0.140. The predicted molar refractivity (Wildman–Crippen MR) is 45.5 cm³/mol. The normalized spacial score (nSPS) is 10.4. The van der Waals surface area contributed by atoms with Crippen LogP contribution in [0.25, 0.3) is 0 Å². The van der Waals surface area contributed by atoms with Crippen molar-refractivity contribution in [3.63, 3.8) is 0 Å². The van der Waals surface area contributed by atoms with Gasteiger partial charge >= 0.3 is 5.97 Å². The molecule has 0 aliphatic rings. The zero-order valence-electron chi connectivity index (χ0n) is 7.63. The van der Waals surface area contributed by atoms with Gasteiger partial charge in [-0.3, -0.25) is 0 Å². The van der Waals surface area contributed by atoms with Gasteiger partial charge in [0.15, 0.2) is 0 Å². The smallest absolute Gasteiger partial charge is 0.329 e. The Morgan fingerprint density at radius 1 is 0.857 bits per heavy atom. The Bertz CT molecular complexity index is 125. The van der Waals surface area contributed by atoms with Crippen molar-refractivity contribution in [2.75, 3.05) is 33.0 Å². The number of aliphatic hydroxyl groups is 5. The van der Waals surface area contributed by atoms with E-state index in [1.807, 2.05) is 0 Å². The van der Waals surface area contributed by atoms with Gasteiger partial charge in [-0.25, -0.2) is 4.79 Å². The van der Waals surface area contributed by atoms with Gasteiger partial charge in [0.2, 0.25) is 0 Å². The fraction of sp³-hybridized carbons (Fsp3) is 0.857. The van der Waals surface area contributed by atoms with Gasteiger partial charge in [-0.15, -0.1) is 0 Å². The van der Waals surface area contributed by atoms with Crippen LogP contribution in [-0.4, -0.2) is 69.6 Å². The van der Waals surface area contributed by atoms with Gasteiger partial charge in [0, 0.05) is 0 Å². The number of carbonyl (C=O) groups is 1. The summed E-state index contributed by atoms with van der Waals surface area (Å²) in [6, 6.07) is 0. The maximum Gasteiger partial charge on any atom is 0.329 e. The molecule has 86 valence electrons. The summed E-state index contributed by atoms with van der Waals surface area (Å²) in [7, 11) is 0. The molecule has 0 aromatic rings. The molecule has 0 amide bonds. The van der Waals surface area contributed by atoms with Crippen molar-refractivity contribution in [3.05, 3.63) is 0 Å². The van der Waals surface area contributed by atoms with E-state index >= 15 is 0 Å². The summed E-state index contributed by atoms with van der Waals surface area (Å²) in [5.74, 6) is -1.19. The van der Waals surface area contributed by atoms with Gasteiger partial charge in [0.1, 0.15) is 6.61 Å². The van der Waals surface area contributed by atoms with Gasteiger partial charge in [0.25, 0.3) is 0 Å². The highest BCUT2D eigenvalue weighted by molar-refractivity contribution is 5.67. The zero-order valence-corrected chi connectivity index (χ0v) is 7.63.